The summed E-state index contributed by atoms with van der Waals surface area (Å²) in [5.41, 5.74) is 0.529. The number of amides is 2. The van der Waals surface area contributed by atoms with Crippen molar-refractivity contribution >= 4 is 11.8 Å². The summed E-state index contributed by atoms with van der Waals surface area (Å²) in [5.74, 6) is 1.06. The number of ether oxygens (including phenoxy) is 1. The minimum atomic E-state index is -0.238. The molecule has 0 aliphatic heterocycles. The summed E-state index contributed by atoms with van der Waals surface area (Å²) in [4.78, 5) is 26.0. The molecule has 24 heavy (non-hydrogen) atoms. The Hall–Kier alpha value is -2.04. The molecule has 1 aromatic carbocycles. The zero-order valence-corrected chi connectivity index (χ0v) is 14.7. The van der Waals surface area contributed by atoms with Crippen molar-refractivity contribution in [2.24, 2.45) is 5.92 Å². The van der Waals surface area contributed by atoms with Gasteiger partial charge in [0.1, 0.15) is 5.75 Å². The lowest BCUT2D eigenvalue weighted by Crippen LogP contribution is -2.40. The monoisotopic (exact) mass is 332 g/mol. The lowest BCUT2D eigenvalue weighted by molar-refractivity contribution is -0.129. The first kappa shape index (κ1) is 18.3. The molecular weight excluding hydrogens is 304 g/mol. The van der Waals surface area contributed by atoms with Gasteiger partial charge in [-0.3, -0.25) is 9.59 Å². The number of nitrogens with one attached hydrogen (secondary N) is 1. The average molecular weight is 332 g/mol. The van der Waals surface area contributed by atoms with E-state index in [-0.39, 0.29) is 18.4 Å². The Labute approximate surface area is 144 Å². The van der Waals surface area contributed by atoms with E-state index in [1.807, 2.05) is 14.0 Å². The van der Waals surface area contributed by atoms with Crippen molar-refractivity contribution in [1.82, 2.24) is 10.2 Å². The highest BCUT2D eigenvalue weighted by Crippen LogP contribution is 2.24. The Morgan fingerprint density at radius 3 is 2.46 bits per heavy atom. The fourth-order valence-corrected chi connectivity index (χ4v) is 3.12. The minimum absolute atomic E-state index is 0.0370. The number of rotatable bonds is 7. The zero-order chi connectivity index (χ0) is 17.4. The van der Waals surface area contributed by atoms with Crippen molar-refractivity contribution in [2.75, 3.05) is 26.7 Å². The van der Waals surface area contributed by atoms with Gasteiger partial charge < -0.3 is 15.0 Å². The van der Waals surface area contributed by atoms with E-state index in [4.69, 9.17) is 4.74 Å². The predicted molar refractivity (Wildman–Crippen MR) is 94.2 cm³/mol. The Bertz CT molecular complexity index is 536. The third kappa shape index (κ3) is 5.55. The molecule has 0 unspecified atom stereocenters. The highest BCUT2D eigenvalue weighted by molar-refractivity contribution is 5.96. The molecular formula is C19H28N2O3. The maximum atomic E-state index is 12.2. The maximum absolute atomic E-state index is 12.2. The third-order valence-electron chi connectivity index (χ3n) is 4.51. The van der Waals surface area contributed by atoms with Gasteiger partial charge in [0.05, 0.1) is 13.2 Å². The first-order valence-corrected chi connectivity index (χ1v) is 8.85. The second kappa shape index (κ2) is 9.30. The van der Waals surface area contributed by atoms with E-state index in [9.17, 15) is 9.59 Å². The Morgan fingerprint density at radius 1 is 1.17 bits per heavy atom. The molecule has 0 heterocycles. The van der Waals surface area contributed by atoms with Gasteiger partial charge in [0.25, 0.3) is 5.91 Å². The number of carbonyl (C=O) groups excluding carboxylic acids is 2. The van der Waals surface area contributed by atoms with E-state index in [1.54, 1.807) is 29.2 Å². The summed E-state index contributed by atoms with van der Waals surface area (Å²) in [7, 11) is 1.82. The van der Waals surface area contributed by atoms with Gasteiger partial charge in [0.15, 0.2) is 0 Å². The second-order valence-corrected chi connectivity index (χ2v) is 6.42. The van der Waals surface area contributed by atoms with Crippen LogP contribution in [0, 0.1) is 5.92 Å². The van der Waals surface area contributed by atoms with Crippen LogP contribution in [0.15, 0.2) is 24.3 Å². The highest BCUT2D eigenvalue weighted by Gasteiger charge is 2.18. The van der Waals surface area contributed by atoms with Gasteiger partial charge >= 0.3 is 0 Å². The largest absolute Gasteiger partial charge is 0.494 e. The second-order valence-electron chi connectivity index (χ2n) is 6.42. The van der Waals surface area contributed by atoms with Gasteiger partial charge in [0, 0.05) is 19.2 Å². The van der Waals surface area contributed by atoms with E-state index in [2.05, 4.69) is 5.32 Å². The SMILES string of the molecule is CCOc1ccc(C(=O)NCC(=O)N(C)CC2CCCCC2)cc1. The van der Waals surface area contributed by atoms with Crippen LogP contribution in [0.5, 0.6) is 5.75 Å². The summed E-state index contributed by atoms with van der Waals surface area (Å²) in [6.07, 6.45) is 6.25. The van der Waals surface area contributed by atoms with E-state index in [0.717, 1.165) is 12.3 Å². The van der Waals surface area contributed by atoms with Crippen molar-refractivity contribution in [1.29, 1.82) is 0 Å². The molecule has 1 N–H and O–H groups in total. The van der Waals surface area contributed by atoms with Crippen LogP contribution in [-0.4, -0.2) is 43.5 Å². The molecule has 1 fully saturated rings. The number of nitrogens with zero attached hydrogens (tertiary/aromatic N) is 1. The van der Waals surface area contributed by atoms with Crippen LogP contribution in [0.3, 0.4) is 0 Å². The van der Waals surface area contributed by atoms with E-state index < -0.39 is 0 Å². The van der Waals surface area contributed by atoms with Crippen LogP contribution in [-0.2, 0) is 4.79 Å². The van der Waals surface area contributed by atoms with E-state index in [1.165, 1.54) is 32.1 Å². The molecule has 2 rings (SSSR count). The molecule has 5 nitrogen and oxygen atoms in total. The molecule has 0 saturated heterocycles. The average Bonchev–Trinajstić information content (AvgIpc) is 2.61. The van der Waals surface area contributed by atoms with Crippen molar-refractivity contribution < 1.29 is 14.3 Å². The van der Waals surface area contributed by atoms with Crippen molar-refractivity contribution in [3.63, 3.8) is 0 Å². The molecule has 1 saturated carbocycles. The Balaban J connectivity index is 1.76. The number of hydrogen-bond donors (Lipinski definition) is 1. The summed E-state index contributed by atoms with van der Waals surface area (Å²) in [5, 5.41) is 2.70. The van der Waals surface area contributed by atoms with Crippen molar-refractivity contribution in [3.05, 3.63) is 29.8 Å². The van der Waals surface area contributed by atoms with Crippen LogP contribution < -0.4 is 10.1 Å². The quantitative estimate of drug-likeness (QED) is 0.835. The molecule has 2 amide bonds. The summed E-state index contributed by atoms with van der Waals surface area (Å²) in [6, 6.07) is 6.93. The minimum Gasteiger partial charge on any atom is -0.494 e. The summed E-state index contributed by atoms with van der Waals surface area (Å²) < 4.78 is 5.35. The smallest absolute Gasteiger partial charge is 0.251 e. The molecule has 1 aromatic rings. The van der Waals surface area contributed by atoms with Gasteiger partial charge in [-0.15, -0.1) is 0 Å². The van der Waals surface area contributed by atoms with E-state index in [0.29, 0.717) is 18.1 Å². The lowest BCUT2D eigenvalue weighted by Gasteiger charge is -2.27. The van der Waals surface area contributed by atoms with Crippen LogP contribution >= 0.6 is 0 Å². The predicted octanol–water partition coefficient (Wildman–Crippen LogP) is 2.85. The first-order chi connectivity index (χ1) is 11.6. The number of carbonyl (C=O) groups is 2. The van der Waals surface area contributed by atoms with Crippen LogP contribution in [0.2, 0.25) is 0 Å². The zero-order valence-electron chi connectivity index (χ0n) is 14.7. The molecule has 5 heteroatoms. The van der Waals surface area contributed by atoms with Crippen molar-refractivity contribution in [2.45, 2.75) is 39.0 Å². The summed E-state index contributed by atoms with van der Waals surface area (Å²) >= 11 is 0. The first-order valence-electron chi connectivity index (χ1n) is 8.85. The van der Waals surface area contributed by atoms with Gasteiger partial charge in [0.2, 0.25) is 5.91 Å². The van der Waals surface area contributed by atoms with Gasteiger partial charge in [-0.25, -0.2) is 0 Å². The summed E-state index contributed by atoms with van der Waals surface area (Å²) in [6.45, 7) is 3.33. The lowest BCUT2D eigenvalue weighted by atomic mass is 9.89. The van der Waals surface area contributed by atoms with E-state index >= 15 is 0 Å². The van der Waals surface area contributed by atoms with Gasteiger partial charge in [-0.1, -0.05) is 19.3 Å². The van der Waals surface area contributed by atoms with Gasteiger partial charge in [-0.05, 0) is 49.9 Å². The fraction of sp³-hybridized carbons (Fsp3) is 0.579. The Kier molecular flexibility index (Phi) is 7.09. The highest BCUT2D eigenvalue weighted by atomic mass is 16.5. The number of likely N-dealkylation sites (N-methyl/N-ethyl adjacent to an activating group) is 1. The van der Waals surface area contributed by atoms with Crippen LogP contribution in [0.4, 0.5) is 0 Å². The molecule has 0 spiro atoms. The van der Waals surface area contributed by atoms with Gasteiger partial charge in [-0.2, -0.15) is 0 Å². The molecule has 1 aliphatic rings. The topological polar surface area (TPSA) is 58.6 Å². The molecule has 0 aromatic heterocycles. The molecule has 0 atom stereocenters. The third-order valence-corrected chi connectivity index (χ3v) is 4.51. The molecule has 132 valence electrons. The standard InChI is InChI=1S/C19H28N2O3/c1-3-24-17-11-9-16(10-12-17)19(23)20-13-18(22)21(2)14-15-7-5-4-6-8-15/h9-12,15H,3-8,13-14H2,1-2H3,(H,20,23). The fourth-order valence-electron chi connectivity index (χ4n) is 3.12. The van der Waals surface area contributed by atoms with Crippen LogP contribution in [0.1, 0.15) is 49.4 Å². The van der Waals surface area contributed by atoms with Crippen molar-refractivity contribution in [3.8, 4) is 5.75 Å². The molecule has 0 radical (unpaired) electrons. The normalized spacial score (nSPS) is 14.9. The maximum Gasteiger partial charge on any atom is 0.251 e. The molecule has 1 aliphatic carbocycles. The Morgan fingerprint density at radius 2 is 1.83 bits per heavy atom. The van der Waals surface area contributed by atoms with Crippen LogP contribution in [0.25, 0.3) is 0 Å². The number of hydrogen-bond acceptors (Lipinski definition) is 3. The number of benzene rings is 1. The molecule has 0 bridgehead atoms.